The van der Waals surface area contributed by atoms with Gasteiger partial charge in [0.2, 0.25) is 0 Å². The van der Waals surface area contributed by atoms with E-state index in [1.54, 1.807) is 0 Å². The van der Waals surface area contributed by atoms with Crippen LogP contribution in [0.2, 0.25) is 0 Å². The lowest BCUT2D eigenvalue weighted by Gasteiger charge is -2.16. The SMILES string of the molecule is CC(Oc1cccc(F)c1)C(=O)NCC(O)C(F)F. The van der Waals surface area contributed by atoms with Crippen LogP contribution in [-0.2, 0) is 4.79 Å². The van der Waals surface area contributed by atoms with Gasteiger partial charge in [0.25, 0.3) is 12.3 Å². The van der Waals surface area contributed by atoms with Crippen LogP contribution in [0.3, 0.4) is 0 Å². The lowest BCUT2D eigenvalue weighted by Crippen LogP contribution is -2.42. The van der Waals surface area contributed by atoms with E-state index < -0.39 is 36.9 Å². The molecule has 1 amide bonds. The first-order valence-corrected chi connectivity index (χ1v) is 5.56. The maximum atomic E-state index is 12.9. The Morgan fingerprint density at radius 1 is 1.47 bits per heavy atom. The van der Waals surface area contributed by atoms with Crippen LogP contribution < -0.4 is 10.1 Å². The summed E-state index contributed by atoms with van der Waals surface area (Å²) < 4.78 is 42.0. The minimum absolute atomic E-state index is 0.150. The summed E-state index contributed by atoms with van der Waals surface area (Å²) in [6, 6.07) is 5.19. The molecule has 1 aromatic rings. The van der Waals surface area contributed by atoms with E-state index in [1.165, 1.54) is 25.1 Å². The van der Waals surface area contributed by atoms with E-state index in [2.05, 4.69) is 5.32 Å². The molecule has 0 saturated heterocycles. The molecule has 0 fully saturated rings. The number of ether oxygens (including phenoxy) is 1. The van der Waals surface area contributed by atoms with Gasteiger partial charge in [0.15, 0.2) is 6.10 Å². The van der Waals surface area contributed by atoms with E-state index >= 15 is 0 Å². The van der Waals surface area contributed by atoms with Gasteiger partial charge in [-0.25, -0.2) is 13.2 Å². The molecule has 0 aromatic heterocycles. The minimum atomic E-state index is -2.93. The highest BCUT2D eigenvalue weighted by molar-refractivity contribution is 5.80. The molecule has 0 saturated carbocycles. The molecule has 0 aliphatic heterocycles. The Labute approximate surface area is 108 Å². The number of hydrogen-bond donors (Lipinski definition) is 2. The van der Waals surface area contributed by atoms with Crippen molar-refractivity contribution in [2.45, 2.75) is 25.6 Å². The quantitative estimate of drug-likeness (QED) is 0.825. The highest BCUT2D eigenvalue weighted by Crippen LogP contribution is 2.13. The highest BCUT2D eigenvalue weighted by Gasteiger charge is 2.20. The molecule has 2 N–H and O–H groups in total. The fourth-order valence-corrected chi connectivity index (χ4v) is 1.24. The summed E-state index contributed by atoms with van der Waals surface area (Å²) in [6.45, 7) is 0.808. The van der Waals surface area contributed by atoms with Crippen molar-refractivity contribution in [1.82, 2.24) is 5.32 Å². The van der Waals surface area contributed by atoms with Crippen LogP contribution in [0.15, 0.2) is 24.3 Å². The predicted octanol–water partition coefficient (Wildman–Crippen LogP) is 1.34. The zero-order valence-corrected chi connectivity index (χ0v) is 10.1. The normalized spacial score (nSPS) is 14.0. The summed E-state index contributed by atoms with van der Waals surface area (Å²) in [5.74, 6) is -1.04. The molecule has 106 valence electrons. The van der Waals surface area contributed by atoms with Crippen molar-refractivity contribution in [3.63, 3.8) is 0 Å². The van der Waals surface area contributed by atoms with Gasteiger partial charge in [-0.3, -0.25) is 4.79 Å². The predicted molar refractivity (Wildman–Crippen MR) is 61.5 cm³/mol. The number of amides is 1. The van der Waals surface area contributed by atoms with Gasteiger partial charge in [0.05, 0.1) is 0 Å². The van der Waals surface area contributed by atoms with Crippen LogP contribution in [0.1, 0.15) is 6.92 Å². The summed E-state index contributed by atoms with van der Waals surface area (Å²) in [7, 11) is 0. The summed E-state index contributed by atoms with van der Waals surface area (Å²) in [4.78, 5) is 11.5. The van der Waals surface area contributed by atoms with E-state index in [0.29, 0.717) is 0 Å². The molecule has 7 heteroatoms. The fourth-order valence-electron chi connectivity index (χ4n) is 1.24. The van der Waals surface area contributed by atoms with Gasteiger partial charge in [-0.1, -0.05) is 6.07 Å². The van der Waals surface area contributed by atoms with Crippen molar-refractivity contribution in [2.75, 3.05) is 6.54 Å². The van der Waals surface area contributed by atoms with Gasteiger partial charge in [-0.2, -0.15) is 0 Å². The number of aliphatic hydroxyl groups is 1. The first-order valence-electron chi connectivity index (χ1n) is 5.56. The number of carbonyl (C=O) groups is 1. The van der Waals surface area contributed by atoms with Gasteiger partial charge in [-0.05, 0) is 19.1 Å². The second kappa shape index (κ2) is 6.98. The van der Waals surface area contributed by atoms with E-state index in [9.17, 15) is 18.0 Å². The Morgan fingerprint density at radius 3 is 2.74 bits per heavy atom. The lowest BCUT2D eigenvalue weighted by atomic mass is 10.3. The third kappa shape index (κ3) is 5.17. The molecule has 2 unspecified atom stereocenters. The maximum absolute atomic E-state index is 12.9. The largest absolute Gasteiger partial charge is 0.481 e. The molecule has 0 aliphatic rings. The van der Waals surface area contributed by atoms with E-state index in [0.717, 1.165) is 6.07 Å². The van der Waals surface area contributed by atoms with Crippen LogP contribution in [0.5, 0.6) is 5.75 Å². The van der Waals surface area contributed by atoms with Gasteiger partial charge in [-0.15, -0.1) is 0 Å². The molecule has 1 rings (SSSR count). The standard InChI is InChI=1S/C12H14F3NO3/c1-7(12(18)16-6-10(17)11(14)15)19-9-4-2-3-8(13)5-9/h2-5,7,10-11,17H,6H2,1H3,(H,16,18). The first-order chi connectivity index (χ1) is 8.90. The Hall–Kier alpha value is -1.76. The molecule has 2 atom stereocenters. The zero-order valence-electron chi connectivity index (χ0n) is 10.1. The number of aliphatic hydroxyl groups excluding tert-OH is 1. The van der Waals surface area contributed by atoms with Gasteiger partial charge in [0, 0.05) is 12.6 Å². The zero-order chi connectivity index (χ0) is 14.4. The molecular weight excluding hydrogens is 263 g/mol. The number of halogens is 3. The number of nitrogens with one attached hydrogen (secondary N) is 1. The van der Waals surface area contributed by atoms with Crippen LogP contribution in [0.4, 0.5) is 13.2 Å². The van der Waals surface area contributed by atoms with E-state index in [-0.39, 0.29) is 5.75 Å². The highest BCUT2D eigenvalue weighted by atomic mass is 19.3. The summed E-state index contributed by atoms with van der Waals surface area (Å²) in [5, 5.41) is 10.9. The van der Waals surface area contributed by atoms with Crippen LogP contribution in [0.25, 0.3) is 0 Å². The second-order valence-electron chi connectivity index (χ2n) is 3.86. The average molecular weight is 277 g/mol. The van der Waals surface area contributed by atoms with E-state index in [4.69, 9.17) is 9.84 Å². The molecular formula is C12H14F3NO3. The van der Waals surface area contributed by atoms with Gasteiger partial charge >= 0.3 is 0 Å². The van der Waals surface area contributed by atoms with Crippen LogP contribution in [0, 0.1) is 5.82 Å². The molecule has 4 nitrogen and oxygen atoms in total. The van der Waals surface area contributed by atoms with Crippen LogP contribution >= 0.6 is 0 Å². The first kappa shape index (κ1) is 15.3. The fraction of sp³-hybridized carbons (Fsp3) is 0.417. The Morgan fingerprint density at radius 2 is 2.16 bits per heavy atom. The van der Waals surface area contributed by atoms with Crippen molar-refractivity contribution in [2.24, 2.45) is 0 Å². The monoisotopic (exact) mass is 277 g/mol. The summed E-state index contributed by atoms with van der Waals surface area (Å²) in [5.41, 5.74) is 0. The van der Waals surface area contributed by atoms with Crippen molar-refractivity contribution >= 4 is 5.91 Å². The molecule has 19 heavy (non-hydrogen) atoms. The van der Waals surface area contributed by atoms with Crippen LogP contribution in [-0.4, -0.2) is 36.2 Å². The topological polar surface area (TPSA) is 58.6 Å². The van der Waals surface area contributed by atoms with Gasteiger partial charge in [0.1, 0.15) is 17.7 Å². The Kier molecular flexibility index (Phi) is 5.62. The minimum Gasteiger partial charge on any atom is -0.481 e. The third-order valence-corrected chi connectivity index (χ3v) is 2.25. The molecule has 0 spiro atoms. The Balaban J connectivity index is 2.45. The average Bonchev–Trinajstić information content (AvgIpc) is 2.35. The number of alkyl halides is 2. The second-order valence-corrected chi connectivity index (χ2v) is 3.86. The molecule has 0 bridgehead atoms. The molecule has 0 aliphatic carbocycles. The molecule has 1 aromatic carbocycles. The third-order valence-electron chi connectivity index (χ3n) is 2.25. The smallest absolute Gasteiger partial charge is 0.265 e. The van der Waals surface area contributed by atoms with Crippen molar-refractivity contribution in [3.8, 4) is 5.75 Å². The van der Waals surface area contributed by atoms with E-state index in [1.807, 2.05) is 0 Å². The number of hydrogen-bond acceptors (Lipinski definition) is 3. The maximum Gasteiger partial charge on any atom is 0.265 e. The molecule has 0 heterocycles. The van der Waals surface area contributed by atoms with Crippen molar-refractivity contribution in [1.29, 1.82) is 0 Å². The number of rotatable bonds is 6. The summed E-state index contributed by atoms with van der Waals surface area (Å²) >= 11 is 0. The summed E-state index contributed by atoms with van der Waals surface area (Å²) in [6.07, 6.45) is -5.85. The van der Waals surface area contributed by atoms with Crippen molar-refractivity contribution in [3.05, 3.63) is 30.1 Å². The Bertz CT molecular complexity index is 428. The van der Waals surface area contributed by atoms with Gasteiger partial charge < -0.3 is 15.2 Å². The number of benzene rings is 1. The molecule has 0 radical (unpaired) electrons. The van der Waals surface area contributed by atoms with Crippen molar-refractivity contribution < 1.29 is 27.8 Å². The number of carbonyl (C=O) groups excluding carboxylic acids is 1. The lowest BCUT2D eigenvalue weighted by molar-refractivity contribution is -0.128.